The fraction of sp³-hybridized carbons (Fsp3) is 0.0556. The lowest BCUT2D eigenvalue weighted by Crippen LogP contribution is -1.94. The van der Waals surface area contributed by atoms with Crippen LogP contribution >= 0.6 is 0 Å². The first kappa shape index (κ1) is 23.0. The number of pyridine rings is 1. The minimum absolute atomic E-state index is 0.667. The summed E-state index contributed by atoms with van der Waals surface area (Å²) < 4.78 is 6.67. The Morgan fingerprint density at radius 2 is 1.21 bits per heavy atom. The molecule has 0 aliphatic heterocycles. The summed E-state index contributed by atoms with van der Waals surface area (Å²) in [5.41, 5.74) is 11.9. The van der Waals surface area contributed by atoms with E-state index in [1.807, 2.05) is 42.7 Å². The molecule has 184 valence electrons. The van der Waals surface area contributed by atoms with Crippen LogP contribution in [0.1, 0.15) is 29.5 Å². The molecule has 7 rings (SSSR count). The molecular formula is C36H24N2O. The van der Waals surface area contributed by atoms with Crippen LogP contribution in [-0.2, 0) is 0 Å². The molecule has 6 aromatic rings. The van der Waals surface area contributed by atoms with Crippen LogP contribution in [0.5, 0.6) is 0 Å². The number of nitrogens with zero attached hydrogens (tertiary/aromatic N) is 2. The number of hydrogen-bond donors (Lipinski definition) is 0. The summed E-state index contributed by atoms with van der Waals surface area (Å²) in [5, 5.41) is 11.3. The molecule has 2 aromatic heterocycles. The van der Waals surface area contributed by atoms with Crippen molar-refractivity contribution in [3.8, 4) is 28.3 Å². The molecule has 0 spiro atoms. The van der Waals surface area contributed by atoms with Crippen molar-refractivity contribution >= 4 is 33.1 Å². The number of para-hydroxylation sites is 2. The molecule has 0 saturated heterocycles. The molecule has 2 heterocycles. The number of furan rings is 1. The highest BCUT2D eigenvalue weighted by Gasteiger charge is 2.18. The Kier molecular flexibility index (Phi) is 5.65. The molecule has 1 aliphatic rings. The Labute approximate surface area is 227 Å². The Balaban J connectivity index is 1.28. The quantitative estimate of drug-likeness (QED) is 0.242. The lowest BCUT2D eigenvalue weighted by molar-refractivity contribution is 0.668. The van der Waals surface area contributed by atoms with Gasteiger partial charge < -0.3 is 4.42 Å². The van der Waals surface area contributed by atoms with E-state index in [-0.39, 0.29) is 0 Å². The second kappa shape index (κ2) is 9.59. The second-order valence-electron chi connectivity index (χ2n) is 9.86. The molecule has 0 amide bonds. The smallest absolute Gasteiger partial charge is 0.143 e. The Morgan fingerprint density at radius 1 is 0.590 bits per heavy atom. The van der Waals surface area contributed by atoms with Gasteiger partial charge >= 0.3 is 0 Å². The fourth-order valence-electron chi connectivity index (χ4n) is 5.53. The first-order valence-electron chi connectivity index (χ1n) is 13.1. The van der Waals surface area contributed by atoms with Gasteiger partial charge in [0.25, 0.3) is 0 Å². The minimum Gasteiger partial charge on any atom is -0.455 e. The molecule has 4 aromatic carbocycles. The average Bonchev–Trinajstić information content (AvgIpc) is 3.41. The highest BCUT2D eigenvalue weighted by atomic mass is 16.3. The van der Waals surface area contributed by atoms with Gasteiger partial charge in [-0.15, -0.1) is 0 Å². The summed E-state index contributed by atoms with van der Waals surface area (Å²) in [6.07, 6.45) is 10.1. The third-order valence-corrected chi connectivity index (χ3v) is 7.60. The van der Waals surface area contributed by atoms with E-state index in [0.717, 1.165) is 62.6 Å². The van der Waals surface area contributed by atoms with Crippen molar-refractivity contribution in [3.05, 3.63) is 138 Å². The third-order valence-electron chi connectivity index (χ3n) is 7.60. The largest absolute Gasteiger partial charge is 0.455 e. The number of nitriles is 1. The molecule has 3 nitrogen and oxygen atoms in total. The first-order chi connectivity index (χ1) is 19.3. The fourth-order valence-corrected chi connectivity index (χ4v) is 5.53. The first-order valence-corrected chi connectivity index (χ1v) is 13.1. The standard InChI is InChI=1S/C36H24N2O/c37-22-24-9-11-25(12-10-24)26-13-17-28(18-14-26)31-5-1-7-33-34-8-2-6-32(36(34)39-35(31)33)29-19-15-27(16-20-29)30-4-3-21-38-23-30/h1-15,17-19,21,23H,16,20H2. The maximum Gasteiger partial charge on any atom is 0.143 e. The molecule has 3 heteroatoms. The Bertz CT molecular complexity index is 1930. The third kappa shape index (κ3) is 4.13. The van der Waals surface area contributed by atoms with Crippen molar-refractivity contribution in [2.75, 3.05) is 0 Å². The van der Waals surface area contributed by atoms with Crippen LogP contribution in [0.4, 0.5) is 0 Å². The number of aromatic nitrogens is 1. The summed E-state index contributed by atoms with van der Waals surface area (Å²) in [6.45, 7) is 0. The Hall–Kier alpha value is -5.20. The van der Waals surface area contributed by atoms with Crippen LogP contribution in [0.15, 0.2) is 126 Å². The van der Waals surface area contributed by atoms with Gasteiger partial charge in [0.1, 0.15) is 11.2 Å². The van der Waals surface area contributed by atoms with Gasteiger partial charge in [-0.1, -0.05) is 91.0 Å². The number of rotatable bonds is 4. The average molecular weight is 501 g/mol. The SMILES string of the molecule is N#Cc1ccc(-c2ccc(-c3cccc4c3oc3c(C5=CC=C(c6cccnc6)CC5)cccc34)cc2)cc1. The van der Waals surface area contributed by atoms with Crippen LogP contribution < -0.4 is 0 Å². The van der Waals surface area contributed by atoms with Crippen molar-refractivity contribution in [2.45, 2.75) is 12.8 Å². The zero-order valence-electron chi connectivity index (χ0n) is 21.3. The van der Waals surface area contributed by atoms with E-state index in [2.05, 4.69) is 89.9 Å². The van der Waals surface area contributed by atoms with E-state index in [1.165, 1.54) is 16.7 Å². The van der Waals surface area contributed by atoms with Gasteiger partial charge in [-0.2, -0.15) is 5.26 Å². The maximum absolute atomic E-state index is 9.08. The van der Waals surface area contributed by atoms with Crippen LogP contribution in [0.3, 0.4) is 0 Å². The molecule has 0 fully saturated rings. The normalized spacial score (nSPS) is 13.2. The van der Waals surface area contributed by atoms with Crippen molar-refractivity contribution in [1.29, 1.82) is 5.26 Å². The summed E-state index contributed by atoms with van der Waals surface area (Å²) in [5.74, 6) is 0. The predicted octanol–water partition coefficient (Wildman–Crippen LogP) is 9.45. The van der Waals surface area contributed by atoms with Crippen molar-refractivity contribution < 1.29 is 4.42 Å². The summed E-state index contributed by atoms with van der Waals surface area (Å²) in [7, 11) is 0. The van der Waals surface area contributed by atoms with Gasteiger partial charge in [-0.05, 0) is 64.4 Å². The van der Waals surface area contributed by atoms with E-state index < -0.39 is 0 Å². The molecule has 0 saturated carbocycles. The molecular weight excluding hydrogens is 476 g/mol. The van der Waals surface area contributed by atoms with Crippen LogP contribution in [-0.4, -0.2) is 4.98 Å². The molecule has 0 N–H and O–H groups in total. The van der Waals surface area contributed by atoms with E-state index in [9.17, 15) is 0 Å². The minimum atomic E-state index is 0.667. The Morgan fingerprint density at radius 3 is 1.85 bits per heavy atom. The van der Waals surface area contributed by atoms with E-state index in [1.54, 1.807) is 0 Å². The summed E-state index contributed by atoms with van der Waals surface area (Å²) in [6, 6.07) is 35.4. The maximum atomic E-state index is 9.08. The summed E-state index contributed by atoms with van der Waals surface area (Å²) in [4.78, 5) is 4.27. The highest BCUT2D eigenvalue weighted by molar-refractivity contribution is 6.12. The predicted molar refractivity (Wildman–Crippen MR) is 159 cm³/mol. The van der Waals surface area contributed by atoms with Gasteiger partial charge in [-0.25, -0.2) is 0 Å². The zero-order valence-corrected chi connectivity index (χ0v) is 21.3. The number of allylic oxidation sites excluding steroid dienone is 4. The van der Waals surface area contributed by atoms with Crippen LogP contribution in [0, 0.1) is 11.3 Å². The number of fused-ring (bicyclic) bond motifs is 3. The monoisotopic (exact) mass is 500 g/mol. The van der Waals surface area contributed by atoms with Gasteiger partial charge in [0.15, 0.2) is 0 Å². The molecule has 0 atom stereocenters. The van der Waals surface area contributed by atoms with Crippen LogP contribution in [0.25, 0.3) is 55.3 Å². The molecule has 0 bridgehead atoms. The molecule has 1 aliphatic carbocycles. The van der Waals surface area contributed by atoms with E-state index in [4.69, 9.17) is 9.68 Å². The zero-order chi connectivity index (χ0) is 26.2. The number of benzene rings is 4. The van der Waals surface area contributed by atoms with Crippen LogP contribution in [0.2, 0.25) is 0 Å². The van der Waals surface area contributed by atoms with E-state index in [0.29, 0.717) is 5.56 Å². The van der Waals surface area contributed by atoms with Crippen molar-refractivity contribution in [2.24, 2.45) is 0 Å². The van der Waals surface area contributed by atoms with Gasteiger partial charge in [-0.3, -0.25) is 4.98 Å². The second-order valence-corrected chi connectivity index (χ2v) is 9.86. The summed E-state index contributed by atoms with van der Waals surface area (Å²) >= 11 is 0. The van der Waals surface area contributed by atoms with Crippen molar-refractivity contribution in [3.63, 3.8) is 0 Å². The van der Waals surface area contributed by atoms with E-state index >= 15 is 0 Å². The number of hydrogen-bond acceptors (Lipinski definition) is 3. The van der Waals surface area contributed by atoms with Gasteiger partial charge in [0.05, 0.1) is 11.6 Å². The molecule has 0 unspecified atom stereocenters. The molecule has 39 heavy (non-hydrogen) atoms. The van der Waals surface area contributed by atoms with Gasteiger partial charge in [0, 0.05) is 34.3 Å². The highest BCUT2D eigenvalue weighted by Crippen LogP contribution is 2.41. The van der Waals surface area contributed by atoms with Gasteiger partial charge in [0.2, 0.25) is 0 Å². The van der Waals surface area contributed by atoms with Crippen molar-refractivity contribution in [1.82, 2.24) is 4.98 Å². The lowest BCUT2D eigenvalue weighted by Gasteiger charge is -2.15. The molecule has 0 radical (unpaired) electrons. The topological polar surface area (TPSA) is 49.8 Å². The lowest BCUT2D eigenvalue weighted by atomic mass is 9.90.